The summed E-state index contributed by atoms with van der Waals surface area (Å²) >= 11 is 0. The minimum Gasteiger partial charge on any atom is -0.480 e. The number of amides is 2. The molecule has 1 fully saturated rings. The zero-order valence-electron chi connectivity index (χ0n) is 11.0. The van der Waals surface area contributed by atoms with Crippen LogP contribution < -0.4 is 4.90 Å². The van der Waals surface area contributed by atoms with Crippen molar-refractivity contribution < 1.29 is 14.7 Å². The Labute approximate surface area is 111 Å². The van der Waals surface area contributed by atoms with Gasteiger partial charge in [0.05, 0.1) is 11.9 Å². The van der Waals surface area contributed by atoms with Gasteiger partial charge >= 0.3 is 12.0 Å². The first-order valence-corrected chi connectivity index (χ1v) is 6.19. The SMILES string of the molecule is CC1CCN(C(=O)N(C)c2cccnc2)C1C(=O)O. The number of nitrogens with zero attached hydrogens (tertiary/aromatic N) is 3. The molecule has 2 atom stereocenters. The molecule has 1 aliphatic heterocycles. The molecule has 6 heteroatoms. The fourth-order valence-electron chi connectivity index (χ4n) is 2.39. The van der Waals surface area contributed by atoms with Crippen LogP contribution in [0.3, 0.4) is 0 Å². The van der Waals surface area contributed by atoms with Crippen LogP contribution in [0.4, 0.5) is 10.5 Å². The van der Waals surface area contributed by atoms with E-state index in [9.17, 15) is 14.7 Å². The lowest BCUT2D eigenvalue weighted by Crippen LogP contribution is -2.48. The summed E-state index contributed by atoms with van der Waals surface area (Å²) in [6.07, 6.45) is 3.91. The fourth-order valence-corrected chi connectivity index (χ4v) is 2.39. The van der Waals surface area contributed by atoms with E-state index in [0.717, 1.165) is 0 Å². The van der Waals surface area contributed by atoms with Gasteiger partial charge in [-0.3, -0.25) is 9.88 Å². The van der Waals surface area contributed by atoms with Gasteiger partial charge in [-0.25, -0.2) is 9.59 Å². The molecular formula is C13H17N3O3. The molecule has 2 unspecified atom stereocenters. The molecule has 102 valence electrons. The quantitative estimate of drug-likeness (QED) is 0.876. The number of hydrogen-bond donors (Lipinski definition) is 1. The third kappa shape index (κ3) is 2.52. The van der Waals surface area contributed by atoms with Gasteiger partial charge in [0.25, 0.3) is 0 Å². The number of carbonyl (C=O) groups excluding carboxylic acids is 1. The Bertz CT molecular complexity index is 477. The number of likely N-dealkylation sites (tertiary alicyclic amines) is 1. The van der Waals surface area contributed by atoms with Crippen molar-refractivity contribution in [3.05, 3.63) is 24.5 Å². The van der Waals surface area contributed by atoms with E-state index in [-0.39, 0.29) is 11.9 Å². The predicted octanol–water partition coefficient (Wildman–Crippen LogP) is 1.43. The number of aliphatic carboxylic acids is 1. The normalized spacial score (nSPS) is 22.3. The van der Waals surface area contributed by atoms with Gasteiger partial charge in [-0.15, -0.1) is 0 Å². The van der Waals surface area contributed by atoms with E-state index in [1.807, 2.05) is 6.92 Å². The van der Waals surface area contributed by atoms with E-state index < -0.39 is 12.0 Å². The number of carboxylic acid groups (broad SMARTS) is 1. The topological polar surface area (TPSA) is 73.7 Å². The Balaban J connectivity index is 2.18. The van der Waals surface area contributed by atoms with E-state index in [2.05, 4.69) is 4.98 Å². The molecule has 1 N–H and O–H groups in total. The minimum absolute atomic E-state index is 0.0243. The molecule has 1 aromatic heterocycles. The summed E-state index contributed by atoms with van der Waals surface area (Å²) in [7, 11) is 1.63. The van der Waals surface area contributed by atoms with Gasteiger partial charge < -0.3 is 10.0 Å². The summed E-state index contributed by atoms with van der Waals surface area (Å²) in [6, 6.07) is 2.46. The number of hydrogen-bond acceptors (Lipinski definition) is 3. The summed E-state index contributed by atoms with van der Waals surface area (Å²) in [5.74, 6) is -0.971. The highest BCUT2D eigenvalue weighted by Crippen LogP contribution is 2.26. The lowest BCUT2D eigenvalue weighted by molar-refractivity contribution is -0.142. The van der Waals surface area contributed by atoms with Crippen LogP contribution in [-0.2, 0) is 4.79 Å². The van der Waals surface area contributed by atoms with E-state index >= 15 is 0 Å². The molecule has 0 bridgehead atoms. The van der Waals surface area contributed by atoms with Crippen molar-refractivity contribution in [1.82, 2.24) is 9.88 Å². The fraction of sp³-hybridized carbons (Fsp3) is 0.462. The average molecular weight is 263 g/mol. The number of aromatic nitrogens is 1. The standard InChI is InChI=1S/C13H17N3O3/c1-9-5-7-16(11(9)12(17)18)13(19)15(2)10-4-3-6-14-8-10/h3-4,6,8-9,11H,5,7H2,1-2H3,(H,17,18). The summed E-state index contributed by atoms with van der Waals surface area (Å²) in [5.41, 5.74) is 0.649. The Kier molecular flexibility index (Phi) is 3.69. The van der Waals surface area contributed by atoms with Gasteiger partial charge in [0, 0.05) is 19.8 Å². The summed E-state index contributed by atoms with van der Waals surface area (Å²) in [4.78, 5) is 30.4. The van der Waals surface area contributed by atoms with Crippen molar-refractivity contribution in [2.45, 2.75) is 19.4 Å². The third-order valence-corrected chi connectivity index (χ3v) is 3.52. The van der Waals surface area contributed by atoms with Crippen molar-refractivity contribution in [3.8, 4) is 0 Å². The average Bonchev–Trinajstić information content (AvgIpc) is 2.80. The second-order valence-corrected chi connectivity index (χ2v) is 4.80. The van der Waals surface area contributed by atoms with E-state index in [1.165, 1.54) is 9.80 Å². The van der Waals surface area contributed by atoms with Crippen LogP contribution in [0.2, 0.25) is 0 Å². The second-order valence-electron chi connectivity index (χ2n) is 4.80. The highest BCUT2D eigenvalue weighted by atomic mass is 16.4. The third-order valence-electron chi connectivity index (χ3n) is 3.52. The maximum Gasteiger partial charge on any atom is 0.326 e. The van der Waals surface area contributed by atoms with Gasteiger partial charge in [0.1, 0.15) is 6.04 Å². The van der Waals surface area contributed by atoms with Gasteiger partial charge in [0.2, 0.25) is 0 Å². The molecule has 2 rings (SSSR count). The van der Waals surface area contributed by atoms with Gasteiger partial charge in [-0.2, -0.15) is 0 Å². The van der Waals surface area contributed by atoms with Crippen LogP contribution in [0.5, 0.6) is 0 Å². The maximum atomic E-state index is 12.4. The number of urea groups is 1. The van der Waals surface area contributed by atoms with Gasteiger partial charge in [-0.1, -0.05) is 6.92 Å². The monoisotopic (exact) mass is 263 g/mol. The van der Waals surface area contributed by atoms with Crippen LogP contribution in [0.1, 0.15) is 13.3 Å². The Morgan fingerprint density at radius 1 is 1.53 bits per heavy atom. The maximum absolute atomic E-state index is 12.4. The molecule has 2 amide bonds. The molecular weight excluding hydrogens is 246 g/mol. The highest BCUT2D eigenvalue weighted by Gasteiger charge is 2.40. The molecule has 0 radical (unpaired) electrons. The summed E-state index contributed by atoms with van der Waals surface area (Å²) < 4.78 is 0. The molecule has 0 saturated carbocycles. The summed E-state index contributed by atoms with van der Waals surface area (Å²) in [6.45, 7) is 2.33. The van der Waals surface area contributed by atoms with Crippen molar-refractivity contribution in [1.29, 1.82) is 0 Å². The molecule has 1 aromatic rings. The molecule has 0 aromatic carbocycles. The Hall–Kier alpha value is -2.11. The van der Waals surface area contributed by atoms with E-state index in [0.29, 0.717) is 18.7 Å². The first kappa shape index (κ1) is 13.3. The summed E-state index contributed by atoms with van der Waals surface area (Å²) in [5, 5.41) is 9.23. The van der Waals surface area contributed by atoms with Crippen LogP contribution >= 0.6 is 0 Å². The van der Waals surface area contributed by atoms with Crippen LogP contribution in [0.15, 0.2) is 24.5 Å². The second kappa shape index (κ2) is 5.26. The zero-order valence-corrected chi connectivity index (χ0v) is 11.0. The zero-order chi connectivity index (χ0) is 14.0. The van der Waals surface area contributed by atoms with E-state index in [1.54, 1.807) is 31.6 Å². The molecule has 2 heterocycles. The highest BCUT2D eigenvalue weighted by molar-refractivity contribution is 5.94. The largest absolute Gasteiger partial charge is 0.480 e. The lowest BCUT2D eigenvalue weighted by atomic mass is 10.0. The number of carboxylic acids is 1. The Morgan fingerprint density at radius 2 is 2.26 bits per heavy atom. The molecule has 1 aliphatic rings. The van der Waals surface area contributed by atoms with Crippen LogP contribution in [0, 0.1) is 5.92 Å². The lowest BCUT2D eigenvalue weighted by Gasteiger charge is -2.28. The molecule has 6 nitrogen and oxygen atoms in total. The molecule has 0 aliphatic carbocycles. The van der Waals surface area contributed by atoms with Crippen LogP contribution in [0.25, 0.3) is 0 Å². The first-order valence-electron chi connectivity index (χ1n) is 6.19. The smallest absolute Gasteiger partial charge is 0.326 e. The number of anilines is 1. The Morgan fingerprint density at radius 3 is 2.84 bits per heavy atom. The van der Waals surface area contributed by atoms with Crippen molar-refractivity contribution in [2.24, 2.45) is 5.92 Å². The van der Waals surface area contributed by atoms with E-state index in [4.69, 9.17) is 0 Å². The van der Waals surface area contributed by atoms with Gasteiger partial charge in [0.15, 0.2) is 0 Å². The first-order chi connectivity index (χ1) is 9.02. The number of pyridine rings is 1. The van der Waals surface area contributed by atoms with Crippen molar-refractivity contribution in [3.63, 3.8) is 0 Å². The number of carbonyl (C=O) groups is 2. The van der Waals surface area contributed by atoms with Crippen molar-refractivity contribution >= 4 is 17.7 Å². The molecule has 0 spiro atoms. The van der Waals surface area contributed by atoms with Gasteiger partial charge in [-0.05, 0) is 24.5 Å². The molecule has 1 saturated heterocycles. The molecule has 19 heavy (non-hydrogen) atoms. The minimum atomic E-state index is -0.946. The van der Waals surface area contributed by atoms with Crippen LogP contribution in [-0.4, -0.2) is 46.6 Å². The predicted molar refractivity (Wildman–Crippen MR) is 69.9 cm³/mol. The van der Waals surface area contributed by atoms with Crippen molar-refractivity contribution in [2.75, 3.05) is 18.5 Å². The number of rotatable bonds is 2.